The molecule has 1 aliphatic rings. The number of rotatable bonds is 2. The smallest absolute Gasteiger partial charge is 0.135 e. The van der Waals surface area contributed by atoms with Gasteiger partial charge >= 0.3 is 0 Å². The van der Waals surface area contributed by atoms with Crippen LogP contribution in [0.2, 0.25) is 0 Å². The van der Waals surface area contributed by atoms with Gasteiger partial charge in [0.25, 0.3) is 0 Å². The molecule has 3 nitrogen and oxygen atoms in total. The molecule has 1 aromatic heterocycles. The third kappa shape index (κ3) is 2.66. The molecule has 0 fully saturated rings. The highest BCUT2D eigenvalue weighted by Crippen LogP contribution is 2.48. The van der Waals surface area contributed by atoms with Gasteiger partial charge in [-0.3, -0.25) is 4.57 Å². The number of ether oxygens (including phenoxy) is 1. The standard InChI is InChI=1S/C30H20N2O/c1-19-31-26-13-3-4-14-27(26)32(19)21-9-6-8-20(18-21)22-16-17-29-30-24(22)11-7-12-25(30)23-10-2-5-15-28(23)33-29/h2-18H,1H3. The first-order valence-electron chi connectivity index (χ1n) is 11.2. The Kier molecular flexibility index (Phi) is 3.76. The summed E-state index contributed by atoms with van der Waals surface area (Å²) in [5.74, 6) is 2.81. The predicted octanol–water partition coefficient (Wildman–Crippen LogP) is 7.93. The molecule has 2 heterocycles. The van der Waals surface area contributed by atoms with E-state index in [4.69, 9.17) is 9.72 Å². The molecule has 0 radical (unpaired) electrons. The lowest BCUT2D eigenvalue weighted by Crippen LogP contribution is -1.99. The zero-order valence-corrected chi connectivity index (χ0v) is 18.1. The molecule has 33 heavy (non-hydrogen) atoms. The van der Waals surface area contributed by atoms with Crippen molar-refractivity contribution in [3.63, 3.8) is 0 Å². The quantitative estimate of drug-likeness (QED) is 0.282. The van der Waals surface area contributed by atoms with Gasteiger partial charge in [-0.05, 0) is 65.4 Å². The Morgan fingerprint density at radius 1 is 0.667 bits per heavy atom. The Morgan fingerprint density at radius 2 is 1.48 bits per heavy atom. The van der Waals surface area contributed by atoms with Crippen molar-refractivity contribution in [2.24, 2.45) is 0 Å². The summed E-state index contributed by atoms with van der Waals surface area (Å²) in [7, 11) is 0. The number of hydrogen-bond acceptors (Lipinski definition) is 2. The molecular formula is C30H20N2O. The minimum atomic E-state index is 0.912. The molecule has 5 aromatic carbocycles. The summed E-state index contributed by atoms with van der Waals surface area (Å²) >= 11 is 0. The molecule has 0 amide bonds. The number of benzene rings is 5. The van der Waals surface area contributed by atoms with Gasteiger partial charge in [0.05, 0.1) is 11.0 Å². The Bertz CT molecular complexity index is 1710. The first-order valence-corrected chi connectivity index (χ1v) is 11.2. The van der Waals surface area contributed by atoms with Crippen molar-refractivity contribution in [2.75, 3.05) is 0 Å². The van der Waals surface area contributed by atoms with Gasteiger partial charge in [0.2, 0.25) is 0 Å². The van der Waals surface area contributed by atoms with Gasteiger partial charge in [-0.1, -0.05) is 66.7 Å². The first kappa shape index (κ1) is 18.2. The van der Waals surface area contributed by atoms with Crippen LogP contribution in [0.25, 0.3) is 49.7 Å². The van der Waals surface area contributed by atoms with E-state index in [0.29, 0.717) is 0 Å². The van der Waals surface area contributed by atoms with Crippen LogP contribution in [0.1, 0.15) is 5.82 Å². The van der Waals surface area contributed by atoms with E-state index in [0.717, 1.165) is 39.6 Å². The fraction of sp³-hybridized carbons (Fsp3) is 0.0333. The van der Waals surface area contributed by atoms with Crippen molar-refractivity contribution in [2.45, 2.75) is 6.92 Å². The summed E-state index contributed by atoms with van der Waals surface area (Å²) in [6, 6.07) is 36.0. The van der Waals surface area contributed by atoms with Gasteiger partial charge in [-0.15, -0.1) is 0 Å². The van der Waals surface area contributed by atoms with Crippen LogP contribution in [-0.2, 0) is 0 Å². The number of hydrogen-bond donors (Lipinski definition) is 0. The molecule has 0 saturated carbocycles. The monoisotopic (exact) mass is 424 g/mol. The van der Waals surface area contributed by atoms with Gasteiger partial charge in [0, 0.05) is 16.6 Å². The van der Waals surface area contributed by atoms with Crippen LogP contribution in [0.5, 0.6) is 11.5 Å². The zero-order valence-electron chi connectivity index (χ0n) is 18.1. The molecule has 7 rings (SSSR count). The highest BCUT2D eigenvalue weighted by Gasteiger charge is 2.21. The lowest BCUT2D eigenvalue weighted by atomic mass is 9.90. The Balaban J connectivity index is 1.45. The SMILES string of the molecule is Cc1nc2ccccc2n1-c1cccc(-c2ccc3c4c(cccc24)-c2ccccc2O3)c1. The second-order valence-corrected chi connectivity index (χ2v) is 8.47. The highest BCUT2D eigenvalue weighted by molar-refractivity contribution is 6.09. The fourth-order valence-corrected chi connectivity index (χ4v) is 5.12. The summed E-state index contributed by atoms with van der Waals surface area (Å²) in [4.78, 5) is 4.75. The third-order valence-corrected chi connectivity index (χ3v) is 6.54. The lowest BCUT2D eigenvalue weighted by Gasteiger charge is -2.22. The maximum Gasteiger partial charge on any atom is 0.135 e. The van der Waals surface area contributed by atoms with Crippen LogP contribution in [0.4, 0.5) is 0 Å². The zero-order chi connectivity index (χ0) is 21.9. The Morgan fingerprint density at radius 3 is 2.45 bits per heavy atom. The Labute approximate surface area is 191 Å². The predicted molar refractivity (Wildman–Crippen MR) is 134 cm³/mol. The molecule has 0 bridgehead atoms. The second-order valence-electron chi connectivity index (χ2n) is 8.47. The molecule has 0 unspecified atom stereocenters. The van der Waals surface area contributed by atoms with Crippen molar-refractivity contribution in [1.29, 1.82) is 0 Å². The van der Waals surface area contributed by atoms with E-state index in [-0.39, 0.29) is 0 Å². The van der Waals surface area contributed by atoms with Crippen molar-refractivity contribution in [3.05, 3.63) is 109 Å². The van der Waals surface area contributed by atoms with Crippen LogP contribution in [-0.4, -0.2) is 9.55 Å². The molecule has 6 aromatic rings. The molecule has 0 saturated heterocycles. The van der Waals surface area contributed by atoms with E-state index >= 15 is 0 Å². The van der Waals surface area contributed by atoms with Crippen LogP contribution in [0.3, 0.4) is 0 Å². The maximum absolute atomic E-state index is 6.27. The van der Waals surface area contributed by atoms with E-state index in [1.807, 2.05) is 18.2 Å². The molecule has 156 valence electrons. The van der Waals surface area contributed by atoms with Crippen molar-refractivity contribution in [3.8, 4) is 39.4 Å². The van der Waals surface area contributed by atoms with Gasteiger partial charge in [-0.2, -0.15) is 0 Å². The number of para-hydroxylation sites is 3. The van der Waals surface area contributed by atoms with Gasteiger partial charge < -0.3 is 4.74 Å². The van der Waals surface area contributed by atoms with E-state index < -0.39 is 0 Å². The minimum Gasteiger partial charge on any atom is -0.456 e. The number of fused-ring (bicyclic) bond motifs is 3. The molecule has 1 aliphatic heterocycles. The van der Waals surface area contributed by atoms with Gasteiger partial charge in [0.15, 0.2) is 0 Å². The topological polar surface area (TPSA) is 27.1 Å². The highest BCUT2D eigenvalue weighted by atomic mass is 16.5. The summed E-state index contributed by atoms with van der Waals surface area (Å²) in [6.45, 7) is 2.06. The lowest BCUT2D eigenvalue weighted by molar-refractivity contribution is 0.487. The van der Waals surface area contributed by atoms with E-state index in [1.54, 1.807) is 0 Å². The summed E-state index contributed by atoms with van der Waals surface area (Å²) in [5.41, 5.74) is 7.98. The van der Waals surface area contributed by atoms with E-state index in [9.17, 15) is 0 Å². The largest absolute Gasteiger partial charge is 0.456 e. The number of aromatic nitrogens is 2. The van der Waals surface area contributed by atoms with Gasteiger partial charge in [0.1, 0.15) is 17.3 Å². The normalized spacial score (nSPS) is 12.0. The molecule has 0 spiro atoms. The van der Waals surface area contributed by atoms with Crippen LogP contribution >= 0.6 is 0 Å². The number of aryl methyl sites for hydroxylation is 1. The van der Waals surface area contributed by atoms with Crippen molar-refractivity contribution < 1.29 is 4.74 Å². The molecular weight excluding hydrogens is 404 g/mol. The average Bonchev–Trinajstić information content (AvgIpc) is 3.20. The maximum atomic E-state index is 6.27. The van der Waals surface area contributed by atoms with Crippen LogP contribution in [0, 0.1) is 6.92 Å². The second kappa shape index (κ2) is 6.81. The molecule has 0 aliphatic carbocycles. The summed E-state index contributed by atoms with van der Waals surface area (Å²) < 4.78 is 8.50. The van der Waals surface area contributed by atoms with Gasteiger partial charge in [-0.25, -0.2) is 4.98 Å². The van der Waals surface area contributed by atoms with Crippen molar-refractivity contribution >= 4 is 21.8 Å². The van der Waals surface area contributed by atoms with Crippen LogP contribution in [0.15, 0.2) is 103 Å². The minimum absolute atomic E-state index is 0.912. The average molecular weight is 425 g/mol. The van der Waals surface area contributed by atoms with E-state index in [2.05, 4.69) is 96.4 Å². The summed E-state index contributed by atoms with van der Waals surface area (Å²) in [5, 5.41) is 2.37. The van der Waals surface area contributed by atoms with Crippen molar-refractivity contribution in [1.82, 2.24) is 9.55 Å². The number of imidazole rings is 1. The number of nitrogens with zero attached hydrogens (tertiary/aromatic N) is 2. The third-order valence-electron chi connectivity index (χ3n) is 6.54. The molecule has 0 atom stereocenters. The van der Waals surface area contributed by atoms with E-state index in [1.165, 1.54) is 27.5 Å². The first-order chi connectivity index (χ1) is 16.3. The Hall–Kier alpha value is -4.37. The molecule has 3 heteroatoms. The molecule has 0 N–H and O–H groups in total. The fourth-order valence-electron chi connectivity index (χ4n) is 5.12. The summed E-state index contributed by atoms with van der Waals surface area (Å²) in [6.07, 6.45) is 0. The van der Waals surface area contributed by atoms with Crippen LogP contribution < -0.4 is 4.74 Å².